The number of halogens is 1. The van der Waals surface area contributed by atoms with Crippen LogP contribution >= 0.6 is 0 Å². The molecule has 1 aliphatic heterocycles. The summed E-state index contributed by atoms with van der Waals surface area (Å²) in [6.07, 6.45) is -3.92. The fourth-order valence-electron chi connectivity index (χ4n) is 4.22. The van der Waals surface area contributed by atoms with Gasteiger partial charge >= 0.3 is 6.16 Å². The minimum absolute atomic E-state index is 0.108. The summed E-state index contributed by atoms with van der Waals surface area (Å²) in [5.74, 6) is -1.19. The fourth-order valence-corrected chi connectivity index (χ4v) is 4.22. The van der Waals surface area contributed by atoms with Crippen LogP contribution in [0.15, 0.2) is 36.7 Å². The third kappa shape index (κ3) is 3.56. The zero-order valence-corrected chi connectivity index (χ0v) is 17.3. The number of aromatic nitrogens is 4. The molecule has 4 N–H and O–H groups in total. The van der Waals surface area contributed by atoms with Gasteiger partial charge in [-0.15, -0.1) is 0 Å². The quantitative estimate of drug-likeness (QED) is 0.478. The second-order valence-electron chi connectivity index (χ2n) is 7.52. The number of hydrogen-bond donors (Lipinski definition) is 3. The Morgan fingerprint density at radius 2 is 2.09 bits per heavy atom. The summed E-state index contributed by atoms with van der Waals surface area (Å²) in [7, 11) is 1.39. The number of fused-ring (bicyclic) bond motifs is 1. The molecule has 1 fully saturated rings. The van der Waals surface area contributed by atoms with E-state index < -0.39 is 42.8 Å². The molecule has 2 aromatic heterocycles. The van der Waals surface area contributed by atoms with Crippen molar-refractivity contribution in [2.75, 3.05) is 19.5 Å². The SMILES string of the molecule is COc1nc(N)nc2c1ncn2[C@@H]1O[C@@H](CO)[C@@H]([C@H](OC(=O)O)c2ccccc2)[C@@]1(C)F. The average Bonchev–Trinajstić information content (AvgIpc) is 3.29. The van der Waals surface area contributed by atoms with E-state index >= 15 is 4.39 Å². The number of anilines is 1. The van der Waals surface area contributed by atoms with Crippen molar-refractivity contribution in [2.24, 2.45) is 5.92 Å². The van der Waals surface area contributed by atoms with Crippen molar-refractivity contribution >= 4 is 23.3 Å². The number of hydrogen-bond acceptors (Lipinski definition) is 9. The van der Waals surface area contributed by atoms with E-state index in [4.69, 9.17) is 19.9 Å². The minimum atomic E-state index is -2.22. The van der Waals surface area contributed by atoms with Gasteiger partial charge in [0.15, 0.2) is 23.1 Å². The molecule has 0 saturated carbocycles. The van der Waals surface area contributed by atoms with E-state index in [2.05, 4.69) is 15.0 Å². The van der Waals surface area contributed by atoms with Gasteiger partial charge in [0.25, 0.3) is 0 Å². The Hall–Kier alpha value is -3.51. The molecule has 0 amide bonds. The molecule has 170 valence electrons. The Morgan fingerprint density at radius 3 is 2.72 bits per heavy atom. The predicted molar refractivity (Wildman–Crippen MR) is 109 cm³/mol. The number of nitrogen functional groups attached to an aromatic ring is 1. The van der Waals surface area contributed by atoms with E-state index in [9.17, 15) is 15.0 Å². The highest BCUT2D eigenvalue weighted by atomic mass is 19.1. The van der Waals surface area contributed by atoms with Crippen LogP contribution in [-0.4, -0.2) is 61.4 Å². The van der Waals surface area contributed by atoms with Crippen molar-refractivity contribution in [3.8, 4) is 5.88 Å². The maximum absolute atomic E-state index is 16.5. The van der Waals surface area contributed by atoms with Crippen molar-refractivity contribution in [1.82, 2.24) is 19.5 Å². The number of imidazole rings is 1. The number of alkyl halides is 1. The molecule has 0 aliphatic carbocycles. The monoisotopic (exact) mass is 447 g/mol. The van der Waals surface area contributed by atoms with Crippen LogP contribution in [0.5, 0.6) is 5.88 Å². The van der Waals surface area contributed by atoms with Crippen LogP contribution in [0.4, 0.5) is 15.1 Å². The normalized spacial score (nSPS) is 26.2. The number of rotatable bonds is 6. The smallest absolute Gasteiger partial charge is 0.479 e. The van der Waals surface area contributed by atoms with Crippen LogP contribution in [-0.2, 0) is 9.47 Å². The molecule has 12 heteroatoms. The van der Waals surface area contributed by atoms with E-state index in [1.807, 2.05) is 0 Å². The molecule has 0 bridgehead atoms. The first-order valence-corrected chi connectivity index (χ1v) is 9.71. The Labute approximate surface area is 181 Å². The van der Waals surface area contributed by atoms with Crippen LogP contribution in [0.3, 0.4) is 0 Å². The molecule has 4 rings (SSSR count). The molecule has 0 unspecified atom stereocenters. The third-order valence-electron chi connectivity index (χ3n) is 5.55. The lowest BCUT2D eigenvalue weighted by Gasteiger charge is -2.33. The summed E-state index contributed by atoms with van der Waals surface area (Å²) in [6, 6.07) is 8.34. The van der Waals surface area contributed by atoms with Gasteiger partial charge in [0.1, 0.15) is 6.10 Å². The summed E-state index contributed by atoms with van der Waals surface area (Å²) in [4.78, 5) is 23.7. The van der Waals surface area contributed by atoms with Crippen molar-refractivity contribution in [1.29, 1.82) is 0 Å². The highest BCUT2D eigenvalue weighted by Crippen LogP contribution is 2.52. The summed E-state index contributed by atoms with van der Waals surface area (Å²) < 4.78 is 33.9. The summed E-state index contributed by atoms with van der Waals surface area (Å²) >= 11 is 0. The van der Waals surface area contributed by atoms with Gasteiger partial charge in [0.05, 0.1) is 32.1 Å². The Kier molecular flexibility index (Phi) is 5.57. The molecule has 0 radical (unpaired) electrons. The number of aliphatic hydroxyl groups excluding tert-OH is 1. The number of nitrogens with zero attached hydrogens (tertiary/aromatic N) is 4. The van der Waals surface area contributed by atoms with E-state index in [0.29, 0.717) is 5.56 Å². The Bertz CT molecular complexity index is 1120. The molecule has 32 heavy (non-hydrogen) atoms. The predicted octanol–water partition coefficient (Wildman–Crippen LogP) is 2.09. The first-order valence-electron chi connectivity index (χ1n) is 9.71. The first-order chi connectivity index (χ1) is 15.3. The summed E-state index contributed by atoms with van der Waals surface area (Å²) in [5.41, 5.74) is 4.36. The second-order valence-corrected chi connectivity index (χ2v) is 7.52. The van der Waals surface area contributed by atoms with Crippen LogP contribution in [0.1, 0.15) is 24.8 Å². The average molecular weight is 447 g/mol. The lowest BCUT2D eigenvalue weighted by atomic mass is 9.80. The molecule has 0 spiro atoms. The van der Waals surface area contributed by atoms with E-state index in [0.717, 1.165) is 0 Å². The highest BCUT2D eigenvalue weighted by molar-refractivity contribution is 5.77. The first kappa shape index (κ1) is 21.7. The zero-order valence-electron chi connectivity index (χ0n) is 17.3. The maximum atomic E-state index is 16.5. The van der Waals surface area contributed by atoms with Gasteiger partial charge in [-0.05, 0) is 12.5 Å². The van der Waals surface area contributed by atoms with Gasteiger partial charge in [-0.25, -0.2) is 14.2 Å². The summed E-state index contributed by atoms with van der Waals surface area (Å²) in [6.45, 7) is 0.687. The van der Waals surface area contributed by atoms with Gasteiger partial charge in [-0.1, -0.05) is 30.3 Å². The second kappa shape index (κ2) is 8.20. The maximum Gasteiger partial charge on any atom is 0.506 e. The number of nitrogens with two attached hydrogens (primary N) is 1. The van der Waals surface area contributed by atoms with Gasteiger partial charge in [0, 0.05) is 0 Å². The number of carbonyl (C=O) groups is 1. The van der Waals surface area contributed by atoms with Gasteiger partial charge < -0.3 is 30.2 Å². The van der Waals surface area contributed by atoms with Gasteiger partial charge in [-0.2, -0.15) is 9.97 Å². The van der Waals surface area contributed by atoms with E-state index in [1.54, 1.807) is 30.3 Å². The van der Waals surface area contributed by atoms with Crippen molar-refractivity contribution in [3.63, 3.8) is 0 Å². The molecular weight excluding hydrogens is 425 g/mol. The summed E-state index contributed by atoms with van der Waals surface area (Å²) in [5, 5.41) is 19.3. The number of methoxy groups -OCH3 is 1. The standard InChI is InChI=1S/C20H22FN5O6/c1-20(21)12(14(32-19(28)29)10-6-4-3-5-7-10)11(8-27)31-17(20)26-9-23-13-15(26)24-18(22)25-16(13)30-2/h3-7,9,11-12,14,17,27H,8H2,1-2H3,(H,28,29)(H2,22,24,25)/t11-,12-,14+,17+,20+/m0/s1. The molecule has 1 aliphatic rings. The fraction of sp³-hybridized carbons (Fsp3) is 0.400. The van der Waals surface area contributed by atoms with Crippen molar-refractivity contribution < 1.29 is 33.6 Å². The molecular formula is C20H22FN5O6. The highest BCUT2D eigenvalue weighted by Gasteiger charge is 2.59. The molecule has 3 aromatic rings. The molecule has 5 atom stereocenters. The number of benzene rings is 1. The largest absolute Gasteiger partial charge is 0.506 e. The van der Waals surface area contributed by atoms with Crippen molar-refractivity contribution in [2.45, 2.75) is 31.0 Å². The van der Waals surface area contributed by atoms with E-state index in [-0.39, 0.29) is 23.0 Å². The van der Waals surface area contributed by atoms with Crippen LogP contribution in [0, 0.1) is 5.92 Å². The Morgan fingerprint density at radius 1 is 1.38 bits per heavy atom. The lowest BCUT2D eigenvalue weighted by molar-refractivity contribution is -0.0568. The van der Waals surface area contributed by atoms with Gasteiger partial charge in [0.2, 0.25) is 11.8 Å². The third-order valence-corrected chi connectivity index (χ3v) is 5.55. The molecule has 1 saturated heterocycles. The zero-order chi connectivity index (χ0) is 23.0. The van der Waals surface area contributed by atoms with Crippen LogP contribution < -0.4 is 10.5 Å². The Balaban J connectivity index is 1.81. The molecule has 11 nitrogen and oxygen atoms in total. The number of carboxylic acid groups (broad SMARTS) is 1. The van der Waals surface area contributed by atoms with Crippen LogP contribution in [0.25, 0.3) is 11.2 Å². The minimum Gasteiger partial charge on any atom is -0.479 e. The van der Waals surface area contributed by atoms with Crippen molar-refractivity contribution in [3.05, 3.63) is 42.2 Å². The molecule has 1 aromatic carbocycles. The van der Waals surface area contributed by atoms with Crippen LogP contribution in [0.2, 0.25) is 0 Å². The lowest BCUT2D eigenvalue weighted by Crippen LogP contribution is -2.41. The number of ether oxygens (including phenoxy) is 3. The van der Waals surface area contributed by atoms with Gasteiger partial charge in [-0.3, -0.25) is 4.57 Å². The topological polar surface area (TPSA) is 155 Å². The van der Waals surface area contributed by atoms with E-state index in [1.165, 1.54) is 24.9 Å². The molecule has 3 heterocycles. The number of aliphatic hydroxyl groups is 1.